The third kappa shape index (κ3) is 2.93. The lowest BCUT2D eigenvalue weighted by Gasteiger charge is -2.32. The topological polar surface area (TPSA) is 75.4 Å². The number of nitrogens with one attached hydrogen (secondary N) is 1. The minimum absolute atomic E-state index is 0.00386. The summed E-state index contributed by atoms with van der Waals surface area (Å²) in [6.45, 7) is 1.43. The number of carbonyl (C=O) groups is 2. The zero-order valence-corrected chi connectivity index (χ0v) is 13.9. The van der Waals surface area contributed by atoms with Gasteiger partial charge in [-0.2, -0.15) is 0 Å². The predicted octanol–water partition coefficient (Wildman–Crippen LogP) is 1.38. The average Bonchev–Trinajstić information content (AvgIpc) is 3.41. The molecule has 1 heterocycles. The molecule has 1 aromatic rings. The number of benzene rings is 1. The van der Waals surface area contributed by atoms with Gasteiger partial charge >= 0.3 is 0 Å². The van der Waals surface area contributed by atoms with Gasteiger partial charge in [-0.15, -0.1) is 0 Å². The van der Waals surface area contributed by atoms with Crippen molar-refractivity contribution in [2.75, 3.05) is 13.1 Å². The van der Waals surface area contributed by atoms with E-state index in [9.17, 15) is 9.59 Å². The van der Waals surface area contributed by atoms with E-state index < -0.39 is 0 Å². The molecule has 2 aliphatic carbocycles. The van der Waals surface area contributed by atoms with E-state index >= 15 is 0 Å². The number of nitrogens with two attached hydrogens (primary N) is 1. The minimum Gasteiger partial charge on any atom is -0.351 e. The van der Waals surface area contributed by atoms with Crippen molar-refractivity contribution in [3.63, 3.8) is 0 Å². The van der Waals surface area contributed by atoms with E-state index in [2.05, 4.69) is 11.4 Å². The van der Waals surface area contributed by atoms with Gasteiger partial charge in [-0.1, -0.05) is 24.3 Å². The Balaban J connectivity index is 1.31. The number of hydrogen-bond acceptors (Lipinski definition) is 3. The van der Waals surface area contributed by atoms with Crippen LogP contribution >= 0.6 is 0 Å². The summed E-state index contributed by atoms with van der Waals surface area (Å²) in [5, 5.41) is 3.16. The van der Waals surface area contributed by atoms with Gasteiger partial charge in [-0.25, -0.2) is 0 Å². The third-order valence-corrected chi connectivity index (χ3v) is 5.72. The minimum atomic E-state index is -0.123. The molecule has 4 rings (SSSR count). The molecule has 5 nitrogen and oxygen atoms in total. The normalized spacial score (nSPS) is 27.0. The summed E-state index contributed by atoms with van der Waals surface area (Å²) in [6.07, 6.45) is 4.42. The molecule has 1 aliphatic heterocycles. The van der Waals surface area contributed by atoms with Crippen molar-refractivity contribution in [3.8, 4) is 0 Å². The van der Waals surface area contributed by atoms with E-state index in [-0.39, 0.29) is 29.8 Å². The lowest BCUT2D eigenvalue weighted by atomic mass is 9.95. The largest absolute Gasteiger partial charge is 0.351 e. The maximum Gasteiger partial charge on any atom is 0.225 e. The lowest BCUT2D eigenvalue weighted by molar-refractivity contribution is -0.136. The predicted molar refractivity (Wildman–Crippen MR) is 91.0 cm³/mol. The monoisotopic (exact) mass is 327 g/mol. The molecule has 1 aromatic carbocycles. The molecule has 128 valence electrons. The smallest absolute Gasteiger partial charge is 0.225 e. The molecule has 24 heavy (non-hydrogen) atoms. The summed E-state index contributed by atoms with van der Waals surface area (Å²) in [5.74, 6) is 0.665. The fourth-order valence-corrected chi connectivity index (χ4v) is 4.02. The van der Waals surface area contributed by atoms with Crippen molar-refractivity contribution < 1.29 is 9.59 Å². The van der Waals surface area contributed by atoms with Gasteiger partial charge in [0.05, 0.1) is 12.1 Å². The van der Waals surface area contributed by atoms with E-state index in [1.807, 2.05) is 23.1 Å². The molecular formula is C19H25N3O2. The fraction of sp³-hybridized carbons (Fsp3) is 0.579. The summed E-state index contributed by atoms with van der Waals surface area (Å²) in [5.41, 5.74) is 8.69. The van der Waals surface area contributed by atoms with Crippen LogP contribution in [-0.4, -0.2) is 35.8 Å². The first kappa shape index (κ1) is 15.6. The highest BCUT2D eigenvalue weighted by Gasteiger charge is 2.37. The molecule has 5 heteroatoms. The van der Waals surface area contributed by atoms with Crippen LogP contribution < -0.4 is 11.1 Å². The van der Waals surface area contributed by atoms with Gasteiger partial charge in [0.25, 0.3) is 0 Å². The Labute approximate surface area is 142 Å². The Hall–Kier alpha value is -1.88. The highest BCUT2D eigenvalue weighted by Crippen LogP contribution is 2.33. The standard InChI is InChI=1S/C19H25N3O2/c20-17-15-4-2-1-3-14(15)11-16(17)21-18(23)12-7-9-22(10-8-12)19(24)13-5-6-13/h1-4,12-13,16-17H,5-11,20H2,(H,21,23)/t16-,17-/m0/s1. The first-order valence-electron chi connectivity index (χ1n) is 9.06. The molecule has 1 saturated heterocycles. The summed E-state index contributed by atoms with van der Waals surface area (Å²) >= 11 is 0. The van der Waals surface area contributed by atoms with Crippen molar-refractivity contribution >= 4 is 11.8 Å². The lowest BCUT2D eigenvalue weighted by Crippen LogP contribution is -2.47. The zero-order valence-electron chi connectivity index (χ0n) is 13.9. The highest BCUT2D eigenvalue weighted by molar-refractivity contribution is 5.82. The highest BCUT2D eigenvalue weighted by atomic mass is 16.2. The summed E-state index contributed by atoms with van der Waals surface area (Å²) in [7, 11) is 0. The van der Waals surface area contributed by atoms with Crippen LogP contribution in [-0.2, 0) is 16.0 Å². The summed E-state index contributed by atoms with van der Waals surface area (Å²) in [6, 6.07) is 8.01. The van der Waals surface area contributed by atoms with Crippen molar-refractivity contribution in [2.45, 2.75) is 44.2 Å². The fourth-order valence-electron chi connectivity index (χ4n) is 4.02. The number of amides is 2. The molecule has 2 amide bonds. The van der Waals surface area contributed by atoms with E-state index in [1.54, 1.807) is 0 Å². The first-order chi connectivity index (χ1) is 11.6. The number of piperidine rings is 1. The van der Waals surface area contributed by atoms with Crippen LogP contribution in [0.15, 0.2) is 24.3 Å². The number of rotatable bonds is 3. The number of fused-ring (bicyclic) bond motifs is 1. The Morgan fingerprint density at radius 1 is 1.04 bits per heavy atom. The van der Waals surface area contributed by atoms with Gasteiger partial charge in [-0.3, -0.25) is 9.59 Å². The number of carbonyl (C=O) groups excluding carboxylic acids is 2. The third-order valence-electron chi connectivity index (χ3n) is 5.72. The van der Waals surface area contributed by atoms with Crippen molar-refractivity contribution in [1.29, 1.82) is 0 Å². The van der Waals surface area contributed by atoms with Gasteiger partial charge in [-0.05, 0) is 43.2 Å². The van der Waals surface area contributed by atoms with Gasteiger partial charge in [0, 0.05) is 24.9 Å². The molecule has 0 unspecified atom stereocenters. The average molecular weight is 327 g/mol. The maximum absolute atomic E-state index is 12.6. The SMILES string of the molecule is N[C@H]1c2ccccc2C[C@@H]1NC(=O)C1CCN(C(=O)C2CC2)CC1. The molecule has 0 bridgehead atoms. The Morgan fingerprint density at radius 2 is 1.75 bits per heavy atom. The van der Waals surface area contributed by atoms with Crippen LogP contribution in [0.1, 0.15) is 42.9 Å². The van der Waals surface area contributed by atoms with Gasteiger partial charge in [0.2, 0.25) is 11.8 Å². The second-order valence-corrected chi connectivity index (χ2v) is 7.42. The van der Waals surface area contributed by atoms with Gasteiger partial charge in [0.15, 0.2) is 0 Å². The summed E-state index contributed by atoms with van der Waals surface area (Å²) in [4.78, 5) is 26.6. The molecule has 1 saturated carbocycles. The van der Waals surface area contributed by atoms with Crippen molar-refractivity contribution in [3.05, 3.63) is 35.4 Å². The molecule has 0 aromatic heterocycles. The van der Waals surface area contributed by atoms with Crippen LogP contribution in [0.2, 0.25) is 0 Å². The van der Waals surface area contributed by atoms with Crippen molar-refractivity contribution in [1.82, 2.24) is 10.2 Å². The Kier molecular flexibility index (Phi) is 4.04. The van der Waals surface area contributed by atoms with Crippen molar-refractivity contribution in [2.24, 2.45) is 17.6 Å². The number of nitrogens with zero attached hydrogens (tertiary/aromatic N) is 1. The van der Waals surface area contributed by atoms with Crippen LogP contribution in [0.25, 0.3) is 0 Å². The Morgan fingerprint density at radius 3 is 2.42 bits per heavy atom. The van der Waals surface area contributed by atoms with Crippen LogP contribution in [0.4, 0.5) is 0 Å². The van der Waals surface area contributed by atoms with Gasteiger partial charge < -0.3 is 16.0 Å². The summed E-state index contributed by atoms with van der Waals surface area (Å²) < 4.78 is 0. The molecule has 3 aliphatic rings. The molecule has 2 fully saturated rings. The van der Waals surface area contributed by atoms with Crippen LogP contribution in [0.5, 0.6) is 0 Å². The zero-order chi connectivity index (χ0) is 16.7. The molecule has 0 spiro atoms. The van der Waals surface area contributed by atoms with E-state index in [4.69, 9.17) is 5.73 Å². The van der Waals surface area contributed by atoms with E-state index in [1.165, 1.54) is 5.56 Å². The maximum atomic E-state index is 12.6. The molecule has 3 N–H and O–H groups in total. The quantitative estimate of drug-likeness (QED) is 0.880. The van der Waals surface area contributed by atoms with Crippen LogP contribution in [0, 0.1) is 11.8 Å². The molecular weight excluding hydrogens is 302 g/mol. The van der Waals surface area contributed by atoms with Gasteiger partial charge in [0.1, 0.15) is 0 Å². The second-order valence-electron chi connectivity index (χ2n) is 7.42. The Bertz CT molecular complexity index is 648. The van der Waals surface area contributed by atoms with Crippen LogP contribution in [0.3, 0.4) is 0 Å². The first-order valence-corrected chi connectivity index (χ1v) is 9.06. The van der Waals surface area contributed by atoms with E-state index in [0.29, 0.717) is 19.0 Å². The number of hydrogen-bond donors (Lipinski definition) is 2. The van der Waals surface area contributed by atoms with E-state index in [0.717, 1.165) is 37.7 Å². The second kappa shape index (κ2) is 6.20. The molecule has 2 atom stereocenters. The number of likely N-dealkylation sites (tertiary alicyclic amines) is 1. The molecule has 0 radical (unpaired) electrons.